The van der Waals surface area contributed by atoms with E-state index in [0.717, 1.165) is 4.47 Å². The molecule has 5 heteroatoms. The van der Waals surface area contributed by atoms with Crippen molar-refractivity contribution in [1.82, 2.24) is 5.32 Å². The molecule has 1 heterocycles. The predicted molar refractivity (Wildman–Crippen MR) is 74.9 cm³/mol. The lowest BCUT2D eigenvalue weighted by Crippen LogP contribution is -2.22. The number of methoxy groups -OCH3 is 1. The van der Waals surface area contributed by atoms with E-state index in [9.17, 15) is 4.39 Å². The van der Waals surface area contributed by atoms with Gasteiger partial charge in [0.05, 0.1) is 23.9 Å². The fourth-order valence-corrected chi connectivity index (χ4v) is 2.36. The van der Waals surface area contributed by atoms with E-state index >= 15 is 0 Å². The molecule has 0 bridgehead atoms. The van der Waals surface area contributed by atoms with Gasteiger partial charge in [-0.2, -0.15) is 0 Å². The van der Waals surface area contributed by atoms with E-state index in [1.165, 1.54) is 13.2 Å². The maximum atomic E-state index is 14.2. The molecule has 0 aliphatic carbocycles. The Labute approximate surface area is 119 Å². The Morgan fingerprint density at radius 1 is 1.42 bits per heavy atom. The van der Waals surface area contributed by atoms with E-state index in [4.69, 9.17) is 9.15 Å². The van der Waals surface area contributed by atoms with Crippen molar-refractivity contribution in [3.63, 3.8) is 0 Å². The highest BCUT2D eigenvalue weighted by atomic mass is 79.9. The molecular formula is C14H15BrFNO2. The molecular weight excluding hydrogens is 313 g/mol. The zero-order chi connectivity index (χ0) is 13.8. The van der Waals surface area contributed by atoms with Crippen LogP contribution in [-0.4, -0.2) is 13.7 Å². The lowest BCUT2D eigenvalue weighted by atomic mass is 10.0. The van der Waals surface area contributed by atoms with Gasteiger partial charge in [0.1, 0.15) is 17.3 Å². The number of nitrogens with one attached hydrogen (secondary N) is 1. The van der Waals surface area contributed by atoms with E-state index < -0.39 is 0 Å². The minimum absolute atomic E-state index is 0.325. The molecule has 0 amide bonds. The number of furan rings is 1. The van der Waals surface area contributed by atoms with Crippen LogP contribution in [0, 0.1) is 5.82 Å². The zero-order valence-corrected chi connectivity index (χ0v) is 12.3. The number of hydrogen-bond acceptors (Lipinski definition) is 3. The van der Waals surface area contributed by atoms with Crippen LogP contribution in [-0.2, 0) is 0 Å². The fourth-order valence-electron chi connectivity index (χ4n) is 1.93. The number of halogens is 2. The number of benzene rings is 1. The van der Waals surface area contributed by atoms with Crippen molar-refractivity contribution in [3.05, 3.63) is 52.1 Å². The minimum Gasteiger partial charge on any atom is -0.497 e. The summed E-state index contributed by atoms with van der Waals surface area (Å²) in [4.78, 5) is 0. The summed E-state index contributed by atoms with van der Waals surface area (Å²) in [5.41, 5.74) is 0.526. The Bertz CT molecular complexity index is 556. The van der Waals surface area contributed by atoms with Crippen molar-refractivity contribution in [3.8, 4) is 5.75 Å². The molecule has 1 atom stereocenters. The fraction of sp³-hybridized carbons (Fsp3) is 0.286. The van der Waals surface area contributed by atoms with Crippen LogP contribution in [0.5, 0.6) is 5.75 Å². The molecule has 1 aromatic carbocycles. The first-order valence-corrected chi connectivity index (χ1v) is 6.76. The summed E-state index contributed by atoms with van der Waals surface area (Å²) in [5.74, 6) is 0.828. The van der Waals surface area contributed by atoms with Gasteiger partial charge in [0.15, 0.2) is 0 Å². The minimum atomic E-state index is -0.333. The van der Waals surface area contributed by atoms with Crippen molar-refractivity contribution in [2.75, 3.05) is 13.7 Å². The highest BCUT2D eigenvalue weighted by molar-refractivity contribution is 9.10. The third-order valence-corrected chi connectivity index (χ3v) is 3.49. The van der Waals surface area contributed by atoms with Crippen molar-refractivity contribution >= 4 is 15.9 Å². The molecule has 3 nitrogen and oxygen atoms in total. The standard InChI is InChI=1S/C14H15BrFNO2/c1-3-17-13(14-11(15)6-7-19-14)10-5-4-9(18-2)8-12(10)16/h4-8,13,17H,3H2,1-2H3. The second kappa shape index (κ2) is 6.21. The average Bonchev–Trinajstić information content (AvgIpc) is 2.82. The maximum Gasteiger partial charge on any atom is 0.139 e. The van der Waals surface area contributed by atoms with Crippen LogP contribution in [0.1, 0.15) is 24.3 Å². The first-order valence-electron chi connectivity index (χ1n) is 5.97. The summed E-state index contributed by atoms with van der Waals surface area (Å²) < 4.78 is 25.4. The Morgan fingerprint density at radius 2 is 2.21 bits per heavy atom. The summed E-state index contributed by atoms with van der Waals surface area (Å²) in [6.45, 7) is 2.66. The normalized spacial score (nSPS) is 12.4. The lowest BCUT2D eigenvalue weighted by Gasteiger charge is -2.18. The Hall–Kier alpha value is -1.33. The molecule has 2 aromatic rings. The molecule has 2 rings (SSSR count). The molecule has 0 saturated heterocycles. The average molecular weight is 328 g/mol. The molecule has 1 N–H and O–H groups in total. The molecule has 1 aromatic heterocycles. The van der Waals surface area contributed by atoms with Gasteiger partial charge in [0.25, 0.3) is 0 Å². The van der Waals surface area contributed by atoms with Crippen LogP contribution in [0.15, 0.2) is 39.4 Å². The van der Waals surface area contributed by atoms with Crippen LogP contribution in [0.3, 0.4) is 0 Å². The van der Waals surface area contributed by atoms with Gasteiger partial charge < -0.3 is 14.5 Å². The molecule has 102 valence electrons. The van der Waals surface area contributed by atoms with Crippen molar-refractivity contribution in [2.24, 2.45) is 0 Å². The van der Waals surface area contributed by atoms with Gasteiger partial charge in [-0.1, -0.05) is 13.0 Å². The third-order valence-electron chi connectivity index (χ3n) is 2.83. The smallest absolute Gasteiger partial charge is 0.139 e. The first kappa shape index (κ1) is 14.1. The highest BCUT2D eigenvalue weighted by Crippen LogP contribution is 2.32. The lowest BCUT2D eigenvalue weighted by molar-refractivity contribution is 0.407. The van der Waals surface area contributed by atoms with Gasteiger partial charge >= 0.3 is 0 Å². The second-order valence-electron chi connectivity index (χ2n) is 4.01. The van der Waals surface area contributed by atoms with Gasteiger partial charge in [-0.15, -0.1) is 0 Å². The number of hydrogen-bond donors (Lipinski definition) is 1. The van der Waals surface area contributed by atoms with E-state index in [1.807, 2.05) is 6.92 Å². The molecule has 19 heavy (non-hydrogen) atoms. The third kappa shape index (κ3) is 2.98. The summed E-state index contributed by atoms with van der Waals surface area (Å²) in [5, 5.41) is 3.22. The quantitative estimate of drug-likeness (QED) is 0.904. The SMILES string of the molecule is CCNC(c1ccc(OC)cc1F)c1occc1Br. The van der Waals surface area contributed by atoms with Crippen LogP contribution in [0.2, 0.25) is 0 Å². The molecule has 0 aliphatic heterocycles. The largest absolute Gasteiger partial charge is 0.497 e. The van der Waals surface area contributed by atoms with Gasteiger partial charge in [0, 0.05) is 11.6 Å². The monoisotopic (exact) mass is 327 g/mol. The topological polar surface area (TPSA) is 34.4 Å². The maximum absolute atomic E-state index is 14.2. The van der Waals surface area contributed by atoms with Gasteiger partial charge in [0.2, 0.25) is 0 Å². The summed E-state index contributed by atoms with van der Waals surface area (Å²) in [6, 6.07) is 6.27. The Balaban J connectivity index is 2.42. The Kier molecular flexibility index (Phi) is 4.61. The molecule has 0 aliphatic rings. The molecule has 1 unspecified atom stereocenters. The summed E-state index contributed by atoms with van der Waals surface area (Å²) in [7, 11) is 1.51. The van der Waals surface area contributed by atoms with Crippen molar-refractivity contribution in [1.29, 1.82) is 0 Å². The van der Waals surface area contributed by atoms with Crippen LogP contribution < -0.4 is 10.1 Å². The van der Waals surface area contributed by atoms with Gasteiger partial charge in [-0.3, -0.25) is 0 Å². The number of ether oxygens (including phenoxy) is 1. The summed E-state index contributed by atoms with van der Waals surface area (Å²) in [6.07, 6.45) is 1.57. The molecule has 0 spiro atoms. The molecule has 0 saturated carbocycles. The molecule has 0 fully saturated rings. The second-order valence-corrected chi connectivity index (χ2v) is 4.87. The van der Waals surface area contributed by atoms with E-state index in [0.29, 0.717) is 23.6 Å². The van der Waals surface area contributed by atoms with Gasteiger partial charge in [-0.05, 0) is 34.6 Å². The number of rotatable bonds is 5. The predicted octanol–water partition coefficient (Wildman–Crippen LogP) is 3.89. The zero-order valence-electron chi connectivity index (χ0n) is 10.7. The highest BCUT2D eigenvalue weighted by Gasteiger charge is 2.22. The van der Waals surface area contributed by atoms with Crippen LogP contribution in [0.4, 0.5) is 4.39 Å². The van der Waals surface area contributed by atoms with E-state index in [-0.39, 0.29) is 11.9 Å². The van der Waals surface area contributed by atoms with Crippen LogP contribution in [0.25, 0.3) is 0 Å². The summed E-state index contributed by atoms with van der Waals surface area (Å²) >= 11 is 3.41. The Morgan fingerprint density at radius 3 is 2.74 bits per heavy atom. The van der Waals surface area contributed by atoms with Gasteiger partial charge in [-0.25, -0.2) is 4.39 Å². The van der Waals surface area contributed by atoms with Crippen LogP contribution >= 0.6 is 15.9 Å². The van der Waals surface area contributed by atoms with E-state index in [2.05, 4.69) is 21.2 Å². The first-order chi connectivity index (χ1) is 9.17. The van der Waals surface area contributed by atoms with Crippen molar-refractivity contribution < 1.29 is 13.5 Å². The van der Waals surface area contributed by atoms with Crippen molar-refractivity contribution in [2.45, 2.75) is 13.0 Å². The molecule has 0 radical (unpaired) electrons. The van der Waals surface area contributed by atoms with E-state index in [1.54, 1.807) is 24.5 Å².